The van der Waals surface area contributed by atoms with E-state index in [-0.39, 0.29) is 6.03 Å². The molecular formula is C19H24N2O. The van der Waals surface area contributed by atoms with E-state index in [0.29, 0.717) is 13.1 Å². The third-order valence-electron chi connectivity index (χ3n) is 3.79. The molecule has 2 amide bonds. The van der Waals surface area contributed by atoms with E-state index in [0.717, 1.165) is 6.42 Å². The van der Waals surface area contributed by atoms with Crippen molar-refractivity contribution < 1.29 is 4.79 Å². The van der Waals surface area contributed by atoms with Gasteiger partial charge in [0.2, 0.25) is 0 Å². The predicted molar refractivity (Wildman–Crippen MR) is 90.9 cm³/mol. The van der Waals surface area contributed by atoms with Crippen LogP contribution in [0.3, 0.4) is 0 Å². The van der Waals surface area contributed by atoms with Crippen LogP contribution in [0.25, 0.3) is 0 Å². The Hall–Kier alpha value is -2.29. The second kappa shape index (κ2) is 7.64. The predicted octanol–water partition coefficient (Wildman–Crippen LogP) is 3.69. The fraction of sp³-hybridized carbons (Fsp3) is 0.316. The van der Waals surface area contributed by atoms with Gasteiger partial charge in [-0.15, -0.1) is 0 Å². The zero-order chi connectivity index (χ0) is 15.9. The summed E-state index contributed by atoms with van der Waals surface area (Å²) in [6, 6.07) is 16.5. The largest absolute Gasteiger partial charge is 0.338 e. The number of nitrogens with one attached hydrogen (secondary N) is 1. The molecule has 0 saturated carbocycles. The summed E-state index contributed by atoms with van der Waals surface area (Å²) >= 11 is 0. The molecule has 3 nitrogen and oxygen atoms in total. The number of carbonyl (C=O) groups is 1. The van der Waals surface area contributed by atoms with Crippen molar-refractivity contribution in [3.05, 3.63) is 70.8 Å². The lowest BCUT2D eigenvalue weighted by Gasteiger charge is -2.19. The molecule has 0 radical (unpaired) electrons. The van der Waals surface area contributed by atoms with Crippen LogP contribution in [0.1, 0.15) is 22.3 Å². The summed E-state index contributed by atoms with van der Waals surface area (Å²) in [5.41, 5.74) is 4.89. The van der Waals surface area contributed by atoms with Gasteiger partial charge in [-0.05, 0) is 37.0 Å². The highest BCUT2D eigenvalue weighted by atomic mass is 16.2. The fourth-order valence-corrected chi connectivity index (χ4v) is 2.44. The second-order valence-electron chi connectivity index (χ2n) is 5.75. The minimum Gasteiger partial charge on any atom is -0.338 e. The van der Waals surface area contributed by atoms with Gasteiger partial charge in [-0.2, -0.15) is 0 Å². The van der Waals surface area contributed by atoms with Crippen molar-refractivity contribution in [1.82, 2.24) is 10.2 Å². The molecule has 0 aliphatic heterocycles. The lowest BCUT2D eigenvalue weighted by molar-refractivity contribution is 0.207. The van der Waals surface area contributed by atoms with E-state index in [4.69, 9.17) is 0 Å². The number of aryl methyl sites for hydroxylation is 2. The van der Waals surface area contributed by atoms with Gasteiger partial charge in [0.05, 0.1) is 0 Å². The van der Waals surface area contributed by atoms with Crippen LogP contribution in [0.5, 0.6) is 0 Å². The van der Waals surface area contributed by atoms with E-state index in [1.807, 2.05) is 25.2 Å². The molecule has 0 fully saturated rings. The van der Waals surface area contributed by atoms with E-state index in [1.165, 1.54) is 22.3 Å². The molecule has 0 unspecified atom stereocenters. The summed E-state index contributed by atoms with van der Waals surface area (Å²) in [5, 5.41) is 2.97. The third kappa shape index (κ3) is 4.62. The van der Waals surface area contributed by atoms with Crippen molar-refractivity contribution in [3.8, 4) is 0 Å². The zero-order valence-corrected chi connectivity index (χ0v) is 13.6. The summed E-state index contributed by atoms with van der Waals surface area (Å²) < 4.78 is 0. The molecule has 0 spiro atoms. The summed E-state index contributed by atoms with van der Waals surface area (Å²) in [4.78, 5) is 13.9. The highest BCUT2D eigenvalue weighted by molar-refractivity contribution is 5.73. The maximum Gasteiger partial charge on any atom is 0.317 e. The molecular weight excluding hydrogens is 272 g/mol. The molecule has 0 atom stereocenters. The van der Waals surface area contributed by atoms with Crippen LogP contribution in [0.2, 0.25) is 0 Å². The molecule has 1 N–H and O–H groups in total. The summed E-state index contributed by atoms with van der Waals surface area (Å²) in [6.45, 7) is 5.45. The molecule has 2 aromatic rings. The van der Waals surface area contributed by atoms with Crippen molar-refractivity contribution in [3.63, 3.8) is 0 Å². The number of benzene rings is 2. The maximum atomic E-state index is 12.1. The molecule has 0 bridgehead atoms. The maximum absolute atomic E-state index is 12.1. The Morgan fingerprint density at radius 1 is 1.09 bits per heavy atom. The first-order valence-corrected chi connectivity index (χ1v) is 7.65. The SMILES string of the molecule is Cc1ccc(CN(C)C(=O)NCCc2ccccc2)c(C)c1. The average molecular weight is 296 g/mol. The molecule has 22 heavy (non-hydrogen) atoms. The average Bonchev–Trinajstić information content (AvgIpc) is 2.51. The number of nitrogens with zero attached hydrogens (tertiary/aromatic N) is 1. The van der Waals surface area contributed by atoms with Gasteiger partial charge in [-0.1, -0.05) is 54.1 Å². The minimum absolute atomic E-state index is 0.0316. The van der Waals surface area contributed by atoms with E-state index >= 15 is 0 Å². The number of rotatable bonds is 5. The normalized spacial score (nSPS) is 10.3. The van der Waals surface area contributed by atoms with Crippen LogP contribution in [0.4, 0.5) is 4.79 Å². The molecule has 0 heterocycles. The van der Waals surface area contributed by atoms with E-state index in [1.54, 1.807) is 4.90 Å². The summed E-state index contributed by atoms with van der Waals surface area (Å²) in [5.74, 6) is 0. The summed E-state index contributed by atoms with van der Waals surface area (Å²) in [7, 11) is 1.83. The molecule has 3 heteroatoms. The van der Waals surface area contributed by atoms with Gasteiger partial charge in [0.1, 0.15) is 0 Å². The molecule has 0 aliphatic rings. The quantitative estimate of drug-likeness (QED) is 0.896. The molecule has 116 valence electrons. The number of carbonyl (C=O) groups excluding carboxylic acids is 1. The Kier molecular flexibility index (Phi) is 5.59. The van der Waals surface area contributed by atoms with Gasteiger partial charge < -0.3 is 10.2 Å². The number of hydrogen-bond donors (Lipinski definition) is 1. The van der Waals surface area contributed by atoms with Crippen molar-refractivity contribution in [1.29, 1.82) is 0 Å². The second-order valence-corrected chi connectivity index (χ2v) is 5.75. The standard InChI is InChI=1S/C19H24N2O/c1-15-9-10-18(16(2)13-15)14-21(3)19(22)20-12-11-17-7-5-4-6-8-17/h4-10,13H,11-12,14H2,1-3H3,(H,20,22). The molecule has 0 aromatic heterocycles. The highest BCUT2D eigenvalue weighted by Crippen LogP contribution is 2.12. The number of urea groups is 1. The molecule has 0 saturated heterocycles. The van der Waals surface area contributed by atoms with Crippen LogP contribution < -0.4 is 5.32 Å². The Morgan fingerprint density at radius 3 is 2.50 bits per heavy atom. The van der Waals surface area contributed by atoms with Crippen LogP contribution in [-0.4, -0.2) is 24.5 Å². The van der Waals surface area contributed by atoms with Crippen molar-refractivity contribution in [2.45, 2.75) is 26.8 Å². The van der Waals surface area contributed by atoms with Crippen LogP contribution in [0.15, 0.2) is 48.5 Å². The van der Waals surface area contributed by atoms with Crippen molar-refractivity contribution in [2.24, 2.45) is 0 Å². The zero-order valence-electron chi connectivity index (χ0n) is 13.6. The third-order valence-corrected chi connectivity index (χ3v) is 3.79. The Balaban J connectivity index is 1.82. The molecule has 2 aromatic carbocycles. The minimum atomic E-state index is -0.0316. The van der Waals surface area contributed by atoms with E-state index in [9.17, 15) is 4.79 Å². The first kappa shape index (κ1) is 16.1. The number of amides is 2. The van der Waals surface area contributed by atoms with Gasteiger partial charge in [-0.25, -0.2) is 4.79 Å². The topological polar surface area (TPSA) is 32.3 Å². The Morgan fingerprint density at radius 2 is 1.82 bits per heavy atom. The van der Waals surface area contributed by atoms with Crippen LogP contribution in [0, 0.1) is 13.8 Å². The van der Waals surface area contributed by atoms with E-state index in [2.05, 4.69) is 49.5 Å². The Bertz CT molecular complexity index is 623. The van der Waals surface area contributed by atoms with Gasteiger partial charge in [0.15, 0.2) is 0 Å². The monoisotopic (exact) mass is 296 g/mol. The van der Waals surface area contributed by atoms with Gasteiger partial charge in [-0.3, -0.25) is 0 Å². The first-order valence-electron chi connectivity index (χ1n) is 7.65. The van der Waals surface area contributed by atoms with Gasteiger partial charge in [0.25, 0.3) is 0 Å². The molecule has 0 aliphatic carbocycles. The highest BCUT2D eigenvalue weighted by Gasteiger charge is 2.09. The lowest BCUT2D eigenvalue weighted by atomic mass is 10.1. The van der Waals surface area contributed by atoms with Crippen molar-refractivity contribution in [2.75, 3.05) is 13.6 Å². The first-order chi connectivity index (χ1) is 10.6. The smallest absolute Gasteiger partial charge is 0.317 e. The number of hydrogen-bond acceptors (Lipinski definition) is 1. The Labute approximate surface area is 133 Å². The van der Waals surface area contributed by atoms with Gasteiger partial charge >= 0.3 is 6.03 Å². The van der Waals surface area contributed by atoms with Crippen LogP contribution in [-0.2, 0) is 13.0 Å². The van der Waals surface area contributed by atoms with Crippen molar-refractivity contribution >= 4 is 6.03 Å². The van der Waals surface area contributed by atoms with E-state index < -0.39 is 0 Å². The van der Waals surface area contributed by atoms with Gasteiger partial charge in [0, 0.05) is 20.1 Å². The summed E-state index contributed by atoms with van der Waals surface area (Å²) in [6.07, 6.45) is 0.851. The molecule has 2 rings (SSSR count). The lowest BCUT2D eigenvalue weighted by Crippen LogP contribution is -2.37. The van der Waals surface area contributed by atoms with Crippen LogP contribution >= 0.6 is 0 Å². The fourth-order valence-electron chi connectivity index (χ4n) is 2.44.